The van der Waals surface area contributed by atoms with Crippen molar-refractivity contribution in [2.24, 2.45) is 0 Å². The van der Waals surface area contributed by atoms with Crippen LogP contribution in [0.2, 0.25) is 0 Å². The van der Waals surface area contributed by atoms with Gasteiger partial charge in [-0.25, -0.2) is 4.98 Å². The molecule has 0 atom stereocenters. The van der Waals surface area contributed by atoms with Crippen molar-refractivity contribution in [3.8, 4) is 0 Å². The van der Waals surface area contributed by atoms with E-state index >= 15 is 0 Å². The van der Waals surface area contributed by atoms with Crippen molar-refractivity contribution in [3.05, 3.63) is 26.9 Å². The monoisotopic (exact) mass is 307 g/mol. The molecule has 1 rings (SSSR count). The number of carbonyl (C=O) groups is 1. The number of carboxylic acid groups (broad SMARTS) is 1. The fourth-order valence-electron chi connectivity index (χ4n) is 0.881. The highest BCUT2D eigenvalue weighted by Crippen LogP contribution is 2.19. The molecule has 0 saturated heterocycles. The number of aromatic nitrogens is 1. The summed E-state index contributed by atoms with van der Waals surface area (Å²) in [7, 11) is 0. The Hall–Kier alpha value is -0.420. The smallest absolute Gasteiger partial charge is 0.303 e. The summed E-state index contributed by atoms with van der Waals surface area (Å²) in [6.07, 6.45) is 2.27. The van der Waals surface area contributed by atoms with E-state index in [1.807, 2.05) is 6.07 Å². The lowest BCUT2D eigenvalue weighted by atomic mass is 10.2. The van der Waals surface area contributed by atoms with Crippen LogP contribution >= 0.6 is 31.9 Å². The van der Waals surface area contributed by atoms with Gasteiger partial charge in [0.2, 0.25) is 0 Å². The molecule has 3 nitrogen and oxygen atoms in total. The summed E-state index contributed by atoms with van der Waals surface area (Å²) >= 11 is 6.53. The summed E-state index contributed by atoms with van der Waals surface area (Å²) in [5.74, 6) is -0.799. The van der Waals surface area contributed by atoms with E-state index in [2.05, 4.69) is 36.8 Å². The Morgan fingerprint density at radius 3 is 2.85 bits per heavy atom. The predicted octanol–water partition coefficient (Wildman–Crippen LogP) is 2.62. The highest BCUT2D eigenvalue weighted by Gasteiger charge is 2.04. The summed E-state index contributed by atoms with van der Waals surface area (Å²) < 4.78 is 1.56. The second-order valence-electron chi connectivity index (χ2n) is 2.50. The van der Waals surface area contributed by atoms with E-state index in [4.69, 9.17) is 5.11 Å². The molecule has 0 saturated carbocycles. The number of hydrogen-bond donors (Lipinski definition) is 1. The van der Waals surface area contributed by atoms with Crippen molar-refractivity contribution in [2.45, 2.75) is 12.8 Å². The molecule has 0 bridgehead atoms. The molecule has 0 aliphatic heterocycles. The van der Waals surface area contributed by atoms with Gasteiger partial charge in [-0.05, 0) is 49.9 Å². The molecule has 1 aromatic heterocycles. The van der Waals surface area contributed by atoms with Gasteiger partial charge < -0.3 is 5.11 Å². The van der Waals surface area contributed by atoms with Crippen LogP contribution in [-0.2, 0) is 11.2 Å². The highest BCUT2D eigenvalue weighted by atomic mass is 79.9. The number of aliphatic carboxylic acids is 1. The molecule has 0 fully saturated rings. The average molecular weight is 309 g/mol. The van der Waals surface area contributed by atoms with Crippen LogP contribution in [0.1, 0.15) is 12.0 Å². The maximum Gasteiger partial charge on any atom is 0.303 e. The summed E-state index contributed by atoms with van der Waals surface area (Å²) in [6, 6.07) is 1.86. The van der Waals surface area contributed by atoms with Crippen LogP contribution in [0.4, 0.5) is 0 Å². The van der Waals surface area contributed by atoms with Crippen molar-refractivity contribution in [1.29, 1.82) is 0 Å². The van der Waals surface area contributed by atoms with E-state index in [1.54, 1.807) is 6.20 Å². The molecule has 0 aliphatic rings. The van der Waals surface area contributed by atoms with Crippen molar-refractivity contribution in [2.75, 3.05) is 0 Å². The normalized spacial score (nSPS) is 10.0. The minimum atomic E-state index is -0.799. The van der Waals surface area contributed by atoms with Gasteiger partial charge in [0, 0.05) is 17.1 Å². The van der Waals surface area contributed by atoms with Crippen molar-refractivity contribution < 1.29 is 9.90 Å². The van der Waals surface area contributed by atoms with Gasteiger partial charge in [0.25, 0.3) is 0 Å². The van der Waals surface area contributed by atoms with Gasteiger partial charge in [-0.3, -0.25) is 4.79 Å². The standard InChI is InChI=1S/C8H7Br2NO2/c9-6-3-5(1-2-7(12)13)8(10)11-4-6/h3-4H,1-2H2,(H,12,13). The number of aryl methyl sites for hydroxylation is 1. The molecule has 0 unspecified atom stereocenters. The molecule has 1 heterocycles. The predicted molar refractivity (Wildman–Crippen MR) is 55.6 cm³/mol. The molecule has 5 heteroatoms. The van der Waals surface area contributed by atoms with Crippen molar-refractivity contribution in [1.82, 2.24) is 4.98 Å². The van der Waals surface area contributed by atoms with E-state index in [9.17, 15) is 4.79 Å². The minimum Gasteiger partial charge on any atom is -0.481 e. The van der Waals surface area contributed by atoms with Crippen LogP contribution in [0.5, 0.6) is 0 Å². The lowest BCUT2D eigenvalue weighted by Gasteiger charge is -2.01. The van der Waals surface area contributed by atoms with Gasteiger partial charge >= 0.3 is 5.97 Å². The summed E-state index contributed by atoms with van der Waals surface area (Å²) in [6.45, 7) is 0. The zero-order valence-corrected chi connectivity index (χ0v) is 9.80. The van der Waals surface area contributed by atoms with Gasteiger partial charge in [0.1, 0.15) is 4.60 Å². The van der Waals surface area contributed by atoms with Gasteiger partial charge in [-0.1, -0.05) is 0 Å². The van der Waals surface area contributed by atoms with E-state index in [0.29, 0.717) is 11.0 Å². The maximum atomic E-state index is 10.3. The van der Waals surface area contributed by atoms with Gasteiger partial charge in [0.05, 0.1) is 0 Å². The number of nitrogens with zero attached hydrogens (tertiary/aromatic N) is 1. The molecule has 0 aliphatic carbocycles. The summed E-state index contributed by atoms with van der Waals surface area (Å²) in [5, 5.41) is 8.49. The first-order valence-electron chi connectivity index (χ1n) is 3.61. The summed E-state index contributed by atoms with van der Waals surface area (Å²) in [4.78, 5) is 14.4. The van der Waals surface area contributed by atoms with E-state index in [1.165, 1.54) is 0 Å². The average Bonchev–Trinajstić information content (AvgIpc) is 2.06. The van der Waals surface area contributed by atoms with Crippen molar-refractivity contribution in [3.63, 3.8) is 0 Å². The van der Waals surface area contributed by atoms with E-state index in [0.717, 1.165) is 10.0 Å². The lowest BCUT2D eigenvalue weighted by molar-refractivity contribution is -0.136. The number of halogens is 2. The molecule has 1 aromatic rings. The van der Waals surface area contributed by atoms with Crippen LogP contribution in [-0.4, -0.2) is 16.1 Å². The molecular formula is C8H7Br2NO2. The Balaban J connectivity index is 2.75. The second kappa shape index (κ2) is 4.72. The highest BCUT2D eigenvalue weighted by molar-refractivity contribution is 9.11. The topological polar surface area (TPSA) is 50.2 Å². The van der Waals surface area contributed by atoms with Gasteiger partial charge in [-0.15, -0.1) is 0 Å². The Kier molecular flexibility index (Phi) is 3.87. The first-order valence-corrected chi connectivity index (χ1v) is 5.20. The SMILES string of the molecule is O=C(O)CCc1cc(Br)cnc1Br. The maximum absolute atomic E-state index is 10.3. The fourth-order valence-corrected chi connectivity index (χ4v) is 1.68. The first kappa shape index (κ1) is 10.7. The van der Waals surface area contributed by atoms with Crippen LogP contribution in [0.25, 0.3) is 0 Å². The Labute approximate surface area is 92.4 Å². The second-order valence-corrected chi connectivity index (χ2v) is 4.16. The molecule has 0 amide bonds. The van der Waals surface area contributed by atoms with Gasteiger partial charge in [0.15, 0.2) is 0 Å². The third-order valence-electron chi connectivity index (χ3n) is 1.49. The van der Waals surface area contributed by atoms with Crippen LogP contribution in [0.15, 0.2) is 21.3 Å². The largest absolute Gasteiger partial charge is 0.481 e. The zero-order chi connectivity index (χ0) is 9.84. The molecule has 70 valence electrons. The molecule has 0 spiro atoms. The molecule has 1 N–H and O–H groups in total. The third kappa shape index (κ3) is 3.44. The zero-order valence-electron chi connectivity index (χ0n) is 6.63. The third-order valence-corrected chi connectivity index (χ3v) is 2.63. The minimum absolute atomic E-state index is 0.122. The number of hydrogen-bond acceptors (Lipinski definition) is 2. The lowest BCUT2D eigenvalue weighted by Crippen LogP contribution is -1.98. The van der Waals surface area contributed by atoms with Crippen LogP contribution in [0.3, 0.4) is 0 Å². The fraction of sp³-hybridized carbons (Fsp3) is 0.250. The Morgan fingerprint density at radius 1 is 1.54 bits per heavy atom. The molecular weight excluding hydrogens is 302 g/mol. The number of carboxylic acids is 1. The number of pyridine rings is 1. The Morgan fingerprint density at radius 2 is 2.23 bits per heavy atom. The Bertz CT molecular complexity index is 328. The first-order chi connectivity index (χ1) is 6.09. The molecule has 0 aromatic carbocycles. The van der Waals surface area contributed by atoms with E-state index < -0.39 is 5.97 Å². The van der Waals surface area contributed by atoms with Gasteiger partial charge in [-0.2, -0.15) is 0 Å². The number of rotatable bonds is 3. The van der Waals surface area contributed by atoms with Crippen LogP contribution < -0.4 is 0 Å². The van der Waals surface area contributed by atoms with Crippen molar-refractivity contribution >= 4 is 37.8 Å². The molecule has 13 heavy (non-hydrogen) atoms. The quantitative estimate of drug-likeness (QED) is 0.873. The molecule has 0 radical (unpaired) electrons. The van der Waals surface area contributed by atoms with E-state index in [-0.39, 0.29) is 6.42 Å². The summed E-state index contributed by atoms with van der Waals surface area (Å²) in [5.41, 5.74) is 0.900. The van der Waals surface area contributed by atoms with Crippen LogP contribution in [0, 0.1) is 0 Å².